The Kier molecular flexibility index (Phi) is 5.54. The van der Waals surface area contributed by atoms with E-state index in [1.165, 1.54) is 18.9 Å². The molecule has 0 saturated heterocycles. The van der Waals surface area contributed by atoms with Crippen LogP contribution in [0.2, 0.25) is 0 Å². The van der Waals surface area contributed by atoms with Gasteiger partial charge in [0, 0.05) is 11.7 Å². The Bertz CT molecular complexity index is 861. The summed E-state index contributed by atoms with van der Waals surface area (Å²) in [6.07, 6.45) is 1.64. The number of para-hydroxylation sites is 1. The van der Waals surface area contributed by atoms with E-state index in [1.54, 1.807) is 36.1 Å². The van der Waals surface area contributed by atoms with E-state index in [0.29, 0.717) is 5.56 Å². The molecule has 27 heavy (non-hydrogen) atoms. The fourth-order valence-electron chi connectivity index (χ4n) is 3.15. The van der Waals surface area contributed by atoms with Crippen molar-refractivity contribution >= 4 is 23.8 Å². The summed E-state index contributed by atoms with van der Waals surface area (Å²) in [5.74, 6) is -0.514. The van der Waals surface area contributed by atoms with Crippen LogP contribution >= 0.6 is 0 Å². The number of ether oxygens (including phenoxy) is 1. The zero-order chi connectivity index (χ0) is 19.4. The lowest BCUT2D eigenvalue weighted by molar-refractivity contribution is -0.129. The third kappa shape index (κ3) is 4.00. The lowest BCUT2D eigenvalue weighted by Gasteiger charge is -2.24. The van der Waals surface area contributed by atoms with Gasteiger partial charge < -0.3 is 14.5 Å². The van der Waals surface area contributed by atoms with Crippen molar-refractivity contribution in [3.63, 3.8) is 0 Å². The summed E-state index contributed by atoms with van der Waals surface area (Å²) in [4.78, 5) is 31.4. The molecule has 6 nitrogen and oxygen atoms in total. The average Bonchev–Trinajstić information content (AvgIpc) is 3.02. The maximum atomic E-state index is 12.8. The van der Waals surface area contributed by atoms with Crippen LogP contribution in [0.25, 0.3) is 0 Å². The molecule has 2 atom stereocenters. The van der Waals surface area contributed by atoms with Crippen molar-refractivity contribution in [1.82, 2.24) is 0 Å². The first kappa shape index (κ1) is 18.6. The highest BCUT2D eigenvalue weighted by Crippen LogP contribution is 2.32. The fourth-order valence-corrected chi connectivity index (χ4v) is 3.15. The maximum absolute atomic E-state index is 12.8. The van der Waals surface area contributed by atoms with Gasteiger partial charge in [-0.25, -0.2) is 4.79 Å². The van der Waals surface area contributed by atoms with Crippen molar-refractivity contribution in [2.75, 3.05) is 12.0 Å². The summed E-state index contributed by atoms with van der Waals surface area (Å²) in [7, 11) is 1.34. The van der Waals surface area contributed by atoms with Gasteiger partial charge in [-0.3, -0.25) is 4.79 Å². The van der Waals surface area contributed by atoms with Crippen LogP contribution in [-0.4, -0.2) is 37.3 Å². The van der Waals surface area contributed by atoms with Crippen LogP contribution in [0.3, 0.4) is 0 Å². The molecule has 1 heterocycles. The number of esters is 1. The van der Waals surface area contributed by atoms with Gasteiger partial charge in [-0.2, -0.15) is 0 Å². The summed E-state index contributed by atoms with van der Waals surface area (Å²) >= 11 is 0. The van der Waals surface area contributed by atoms with Crippen LogP contribution in [0.4, 0.5) is 5.69 Å². The van der Waals surface area contributed by atoms with Gasteiger partial charge in [0.05, 0.1) is 18.9 Å². The normalized spacial score (nSPS) is 16.9. The van der Waals surface area contributed by atoms with Crippen molar-refractivity contribution in [3.8, 4) is 0 Å². The zero-order valence-electron chi connectivity index (χ0n) is 15.6. The maximum Gasteiger partial charge on any atom is 0.337 e. The van der Waals surface area contributed by atoms with Gasteiger partial charge in [0.2, 0.25) is 6.10 Å². The van der Waals surface area contributed by atoms with Crippen LogP contribution in [0.15, 0.2) is 53.7 Å². The first-order valence-electron chi connectivity index (χ1n) is 8.80. The highest BCUT2D eigenvalue weighted by Gasteiger charge is 2.33. The van der Waals surface area contributed by atoms with E-state index in [9.17, 15) is 9.59 Å². The number of benzene rings is 2. The number of hydrogen-bond acceptors (Lipinski definition) is 5. The Morgan fingerprint density at radius 2 is 1.89 bits per heavy atom. The quantitative estimate of drug-likeness (QED) is 0.463. The molecule has 6 heteroatoms. The molecule has 2 unspecified atom stereocenters. The number of carbonyl (C=O) groups excluding carboxylic acids is 2. The largest absolute Gasteiger partial charge is 0.465 e. The Morgan fingerprint density at radius 1 is 1.19 bits per heavy atom. The van der Waals surface area contributed by atoms with E-state index < -0.39 is 12.1 Å². The first-order valence-corrected chi connectivity index (χ1v) is 8.80. The van der Waals surface area contributed by atoms with Gasteiger partial charge in [0.15, 0.2) is 0 Å². The van der Waals surface area contributed by atoms with Crippen molar-refractivity contribution in [3.05, 3.63) is 65.2 Å². The third-order valence-corrected chi connectivity index (χ3v) is 4.54. The van der Waals surface area contributed by atoms with Crippen LogP contribution < -0.4 is 4.90 Å². The highest BCUT2D eigenvalue weighted by molar-refractivity contribution is 5.99. The molecular formula is C21H22N2O4. The molecule has 0 fully saturated rings. The van der Waals surface area contributed by atoms with E-state index in [2.05, 4.69) is 9.89 Å². The number of oxime groups is 1. The predicted octanol–water partition coefficient (Wildman–Crippen LogP) is 3.19. The molecule has 140 valence electrons. The molecule has 2 aromatic rings. The molecule has 0 N–H and O–H groups in total. The van der Waals surface area contributed by atoms with Gasteiger partial charge in [-0.05, 0) is 49.6 Å². The number of fused-ring (bicyclic) bond motifs is 1. The van der Waals surface area contributed by atoms with Crippen LogP contribution in [0, 0.1) is 0 Å². The molecule has 1 aliphatic rings. The Hall–Kier alpha value is -3.15. The monoisotopic (exact) mass is 366 g/mol. The van der Waals surface area contributed by atoms with Crippen LogP contribution in [0.1, 0.15) is 35.3 Å². The molecule has 0 saturated carbocycles. The third-order valence-electron chi connectivity index (χ3n) is 4.54. The number of hydrogen-bond donors (Lipinski definition) is 0. The Morgan fingerprint density at radius 3 is 2.59 bits per heavy atom. The molecule has 0 aromatic heterocycles. The number of amides is 1. The molecule has 0 radical (unpaired) electrons. The number of anilines is 1. The summed E-state index contributed by atoms with van der Waals surface area (Å²) in [5.41, 5.74) is 3.32. The summed E-state index contributed by atoms with van der Waals surface area (Å²) < 4.78 is 4.66. The topological polar surface area (TPSA) is 68.2 Å². The summed E-state index contributed by atoms with van der Waals surface area (Å²) in [6, 6.07) is 14.7. The molecule has 2 aromatic carbocycles. The van der Waals surface area contributed by atoms with Gasteiger partial charge >= 0.3 is 5.97 Å². The second-order valence-electron chi connectivity index (χ2n) is 6.49. The van der Waals surface area contributed by atoms with Crippen molar-refractivity contribution in [1.29, 1.82) is 0 Å². The Balaban J connectivity index is 1.62. The number of rotatable bonds is 5. The molecule has 3 rings (SSSR count). The summed E-state index contributed by atoms with van der Waals surface area (Å²) in [6.45, 7) is 3.71. The minimum atomic E-state index is -0.704. The van der Waals surface area contributed by atoms with Gasteiger partial charge in [-0.15, -0.1) is 0 Å². The lowest BCUT2D eigenvalue weighted by atomic mass is 10.1. The predicted molar refractivity (Wildman–Crippen MR) is 103 cm³/mol. The Labute approximate surface area is 158 Å². The van der Waals surface area contributed by atoms with Gasteiger partial charge in [0.1, 0.15) is 0 Å². The first-order chi connectivity index (χ1) is 13.0. The molecule has 1 aliphatic heterocycles. The zero-order valence-corrected chi connectivity index (χ0v) is 15.6. The molecule has 1 amide bonds. The van der Waals surface area contributed by atoms with Crippen LogP contribution in [-0.2, 0) is 20.8 Å². The minimum absolute atomic E-state index is 0.0933. The smallest absolute Gasteiger partial charge is 0.337 e. The minimum Gasteiger partial charge on any atom is -0.465 e. The van der Waals surface area contributed by atoms with Crippen molar-refractivity contribution in [2.45, 2.75) is 32.4 Å². The van der Waals surface area contributed by atoms with E-state index >= 15 is 0 Å². The van der Waals surface area contributed by atoms with Crippen molar-refractivity contribution < 1.29 is 19.2 Å². The second-order valence-corrected chi connectivity index (χ2v) is 6.49. The molecule has 0 spiro atoms. The highest BCUT2D eigenvalue weighted by atomic mass is 16.6. The van der Waals surface area contributed by atoms with E-state index in [0.717, 1.165) is 17.7 Å². The number of nitrogens with zero attached hydrogens (tertiary/aromatic N) is 2. The fraction of sp³-hybridized carbons (Fsp3) is 0.286. The number of methoxy groups -OCH3 is 1. The van der Waals surface area contributed by atoms with Crippen molar-refractivity contribution in [2.24, 2.45) is 5.16 Å². The molecule has 0 bridgehead atoms. The second kappa shape index (κ2) is 8.03. The van der Waals surface area contributed by atoms with Gasteiger partial charge in [0.25, 0.3) is 5.91 Å². The van der Waals surface area contributed by atoms with Gasteiger partial charge in [-0.1, -0.05) is 35.5 Å². The lowest BCUT2D eigenvalue weighted by Crippen LogP contribution is -2.42. The average molecular weight is 366 g/mol. The molecular weight excluding hydrogens is 344 g/mol. The SMILES string of the molecule is COC(=O)c1ccc(/C=N/OC(C)C(=O)N2c3ccccc3CC2C)cc1. The number of carbonyl (C=O) groups is 2. The van der Waals surface area contributed by atoms with E-state index in [1.807, 2.05) is 31.2 Å². The summed E-state index contributed by atoms with van der Waals surface area (Å²) in [5, 5.41) is 3.92. The van der Waals surface area contributed by atoms with E-state index in [4.69, 9.17) is 4.84 Å². The van der Waals surface area contributed by atoms with E-state index in [-0.39, 0.29) is 11.9 Å². The van der Waals surface area contributed by atoms with Crippen LogP contribution in [0.5, 0.6) is 0 Å². The standard InChI is InChI=1S/C21H22N2O4/c1-14-12-18-6-4-5-7-19(18)23(14)20(24)15(2)27-22-13-16-8-10-17(11-9-16)21(25)26-3/h4-11,13-15H,12H2,1-3H3/b22-13+. The molecule has 0 aliphatic carbocycles.